The summed E-state index contributed by atoms with van der Waals surface area (Å²) in [5, 5.41) is 7.24. The summed E-state index contributed by atoms with van der Waals surface area (Å²) in [6, 6.07) is 9.82. The number of thiophene rings is 1. The van der Waals surface area contributed by atoms with Crippen LogP contribution >= 0.6 is 11.3 Å². The largest absolute Gasteiger partial charge is 0.349 e. The van der Waals surface area contributed by atoms with E-state index >= 15 is 0 Å². The van der Waals surface area contributed by atoms with Crippen molar-refractivity contribution in [3.63, 3.8) is 0 Å². The Balaban J connectivity index is 1.71. The van der Waals surface area contributed by atoms with Crippen LogP contribution in [0.4, 0.5) is 0 Å². The van der Waals surface area contributed by atoms with Gasteiger partial charge in [-0.25, -0.2) is 9.97 Å². The van der Waals surface area contributed by atoms with Gasteiger partial charge in [-0.15, -0.1) is 0 Å². The highest BCUT2D eigenvalue weighted by molar-refractivity contribution is 7.07. The highest BCUT2D eigenvalue weighted by Crippen LogP contribution is 2.22. The Hall–Kier alpha value is -2.53. The summed E-state index contributed by atoms with van der Waals surface area (Å²) in [5.74, 6) is 0.704. The monoisotopic (exact) mass is 365 g/mol. The zero-order chi connectivity index (χ0) is 18.5. The molecule has 4 nitrogen and oxygen atoms in total. The third kappa shape index (κ3) is 4.35. The van der Waals surface area contributed by atoms with Crippen molar-refractivity contribution in [2.45, 2.75) is 39.7 Å². The zero-order valence-electron chi connectivity index (χ0n) is 15.3. The first-order chi connectivity index (χ1) is 12.6. The number of hydrogen-bond acceptors (Lipinski definition) is 4. The molecule has 0 spiro atoms. The summed E-state index contributed by atoms with van der Waals surface area (Å²) < 4.78 is 0. The lowest BCUT2D eigenvalue weighted by Gasteiger charge is -2.14. The van der Waals surface area contributed by atoms with E-state index in [1.54, 1.807) is 11.3 Å². The molecule has 1 amide bonds. The third-order valence-electron chi connectivity index (χ3n) is 4.29. The van der Waals surface area contributed by atoms with Crippen LogP contribution in [-0.2, 0) is 12.8 Å². The van der Waals surface area contributed by atoms with Gasteiger partial charge >= 0.3 is 0 Å². The van der Waals surface area contributed by atoms with Gasteiger partial charge in [-0.1, -0.05) is 19.1 Å². The summed E-state index contributed by atoms with van der Waals surface area (Å²) in [6.45, 7) is 6.01. The van der Waals surface area contributed by atoms with Crippen molar-refractivity contribution in [1.29, 1.82) is 0 Å². The molecule has 3 aromatic rings. The molecule has 0 aliphatic heterocycles. The summed E-state index contributed by atoms with van der Waals surface area (Å²) in [5.41, 5.74) is 4.98. The van der Waals surface area contributed by atoms with Crippen molar-refractivity contribution >= 4 is 17.2 Å². The number of amides is 1. The Morgan fingerprint density at radius 3 is 2.65 bits per heavy atom. The maximum absolute atomic E-state index is 12.5. The third-order valence-corrected chi connectivity index (χ3v) is 5.02. The van der Waals surface area contributed by atoms with E-state index in [0.717, 1.165) is 35.5 Å². The van der Waals surface area contributed by atoms with E-state index in [-0.39, 0.29) is 11.9 Å². The van der Waals surface area contributed by atoms with E-state index < -0.39 is 0 Å². The molecular weight excluding hydrogens is 342 g/mol. The van der Waals surface area contributed by atoms with Crippen LogP contribution in [0.2, 0.25) is 0 Å². The molecule has 3 rings (SSSR count). The van der Waals surface area contributed by atoms with Gasteiger partial charge in [0.2, 0.25) is 0 Å². The van der Waals surface area contributed by atoms with Gasteiger partial charge in [0.1, 0.15) is 5.82 Å². The van der Waals surface area contributed by atoms with Crippen molar-refractivity contribution in [3.05, 3.63) is 69.8 Å². The first-order valence-electron chi connectivity index (χ1n) is 8.81. The highest BCUT2D eigenvalue weighted by Gasteiger charge is 2.12. The Kier molecular flexibility index (Phi) is 5.78. The number of carbonyl (C=O) groups excluding carboxylic acids is 1. The fraction of sp³-hybridized carbons (Fsp3) is 0.286. The number of aryl methyl sites for hydroxylation is 2. The van der Waals surface area contributed by atoms with Gasteiger partial charge < -0.3 is 5.32 Å². The molecule has 2 aromatic heterocycles. The number of rotatable bonds is 6. The molecule has 0 saturated carbocycles. The quantitative estimate of drug-likeness (QED) is 0.703. The Morgan fingerprint density at radius 1 is 1.23 bits per heavy atom. The minimum atomic E-state index is -0.0473. The van der Waals surface area contributed by atoms with Gasteiger partial charge in [0.25, 0.3) is 5.91 Å². The lowest BCUT2D eigenvalue weighted by molar-refractivity contribution is 0.0940. The second-order valence-electron chi connectivity index (χ2n) is 6.43. The second kappa shape index (κ2) is 8.23. The van der Waals surface area contributed by atoms with Crippen LogP contribution in [0.5, 0.6) is 0 Å². The summed E-state index contributed by atoms with van der Waals surface area (Å²) in [4.78, 5) is 21.3. The van der Waals surface area contributed by atoms with E-state index in [1.165, 1.54) is 5.56 Å². The molecule has 5 heteroatoms. The molecule has 0 bridgehead atoms. The first kappa shape index (κ1) is 18.3. The van der Waals surface area contributed by atoms with Crippen molar-refractivity contribution in [3.8, 4) is 11.3 Å². The molecule has 0 fully saturated rings. The molecule has 1 N–H and O–H groups in total. The van der Waals surface area contributed by atoms with Crippen LogP contribution in [-0.4, -0.2) is 21.9 Å². The van der Waals surface area contributed by atoms with Crippen LogP contribution < -0.4 is 5.32 Å². The molecule has 0 unspecified atom stereocenters. The van der Waals surface area contributed by atoms with Crippen molar-refractivity contribution in [2.75, 3.05) is 0 Å². The Labute approximate surface area is 158 Å². The minimum Gasteiger partial charge on any atom is -0.349 e. The van der Waals surface area contributed by atoms with Gasteiger partial charge in [0, 0.05) is 23.4 Å². The average molecular weight is 366 g/mol. The van der Waals surface area contributed by atoms with E-state index in [9.17, 15) is 4.79 Å². The van der Waals surface area contributed by atoms with E-state index in [0.29, 0.717) is 5.56 Å². The number of benzene rings is 1. The van der Waals surface area contributed by atoms with Crippen LogP contribution in [0.25, 0.3) is 11.3 Å². The molecule has 134 valence electrons. The zero-order valence-corrected chi connectivity index (χ0v) is 16.1. The number of carbonyl (C=O) groups is 1. The number of hydrogen-bond donors (Lipinski definition) is 1. The smallest absolute Gasteiger partial charge is 0.251 e. The highest BCUT2D eigenvalue weighted by atomic mass is 32.1. The number of nitrogens with zero attached hydrogens (tertiary/aromatic N) is 2. The van der Waals surface area contributed by atoms with Gasteiger partial charge in [-0.2, -0.15) is 11.3 Å². The van der Waals surface area contributed by atoms with Crippen LogP contribution in [0.1, 0.15) is 41.2 Å². The Bertz CT molecular complexity index is 873. The number of nitrogens with one attached hydrogen (secondary N) is 1. The van der Waals surface area contributed by atoms with E-state index in [4.69, 9.17) is 0 Å². The molecule has 2 heterocycles. The van der Waals surface area contributed by atoms with Crippen LogP contribution in [0.15, 0.2) is 47.3 Å². The minimum absolute atomic E-state index is 0.0473. The fourth-order valence-electron chi connectivity index (χ4n) is 2.90. The molecule has 1 aromatic carbocycles. The summed E-state index contributed by atoms with van der Waals surface area (Å²) in [7, 11) is 0. The lowest BCUT2D eigenvalue weighted by Crippen LogP contribution is -2.33. The molecule has 0 saturated heterocycles. The summed E-state index contributed by atoms with van der Waals surface area (Å²) in [6.07, 6.45) is 3.59. The van der Waals surface area contributed by atoms with E-state index in [1.807, 2.05) is 44.3 Å². The molecule has 26 heavy (non-hydrogen) atoms. The number of aromatic nitrogens is 2. The maximum Gasteiger partial charge on any atom is 0.251 e. The molecule has 0 aliphatic carbocycles. The predicted octanol–water partition coefficient (Wildman–Crippen LogP) is 4.44. The van der Waals surface area contributed by atoms with E-state index in [2.05, 4.69) is 39.0 Å². The topological polar surface area (TPSA) is 54.9 Å². The SMILES string of the molecule is CCc1cnc(C)nc1-c1ccc(C(=O)N[C@H](C)Cc2ccsc2)cc1. The molecule has 1 atom stereocenters. The molecule has 0 aliphatic rings. The standard InChI is InChI=1S/C21H23N3OS/c1-4-17-12-22-15(3)24-20(17)18-5-7-19(8-6-18)21(25)23-14(2)11-16-9-10-26-13-16/h5-10,12-14H,4,11H2,1-3H3,(H,23,25)/t14-/m1/s1. The van der Waals surface area contributed by atoms with Crippen molar-refractivity contribution < 1.29 is 4.79 Å². The van der Waals surface area contributed by atoms with Gasteiger partial charge in [0.05, 0.1) is 5.69 Å². The predicted molar refractivity (Wildman–Crippen MR) is 107 cm³/mol. The molecule has 0 radical (unpaired) electrons. The van der Waals surface area contributed by atoms with Crippen LogP contribution in [0, 0.1) is 6.92 Å². The summed E-state index contributed by atoms with van der Waals surface area (Å²) >= 11 is 1.68. The van der Waals surface area contributed by atoms with Gasteiger partial charge in [-0.05, 0) is 66.8 Å². The first-order valence-corrected chi connectivity index (χ1v) is 9.76. The maximum atomic E-state index is 12.5. The van der Waals surface area contributed by atoms with Crippen molar-refractivity contribution in [1.82, 2.24) is 15.3 Å². The Morgan fingerprint density at radius 2 is 2.00 bits per heavy atom. The van der Waals surface area contributed by atoms with Gasteiger partial charge in [-0.3, -0.25) is 4.79 Å². The normalized spacial score (nSPS) is 12.0. The van der Waals surface area contributed by atoms with Crippen molar-refractivity contribution in [2.24, 2.45) is 0 Å². The van der Waals surface area contributed by atoms with Gasteiger partial charge in [0.15, 0.2) is 0 Å². The lowest BCUT2D eigenvalue weighted by atomic mass is 10.0. The second-order valence-corrected chi connectivity index (χ2v) is 7.21. The fourth-order valence-corrected chi connectivity index (χ4v) is 3.59. The average Bonchev–Trinajstić information content (AvgIpc) is 3.14. The molecular formula is C21H23N3OS. The van der Waals surface area contributed by atoms with Crippen LogP contribution in [0.3, 0.4) is 0 Å².